The Morgan fingerprint density at radius 2 is 0.955 bits per heavy atom. The first-order chi connectivity index (χ1) is 21.7. The Morgan fingerprint density at radius 1 is 0.477 bits per heavy atom. The molecule has 44 heavy (non-hydrogen) atoms. The molecule has 0 saturated heterocycles. The summed E-state index contributed by atoms with van der Waals surface area (Å²) in [6.45, 7) is 0. The molecule has 6 aromatic carbocycles. The third kappa shape index (κ3) is 4.08. The number of benzene rings is 6. The Hall–Kier alpha value is -6.00. The van der Waals surface area contributed by atoms with Gasteiger partial charge in [-0.25, -0.2) is 0 Å². The maximum absolute atomic E-state index is 6.25. The van der Waals surface area contributed by atoms with Crippen LogP contribution in [-0.4, -0.2) is 21.1 Å². The van der Waals surface area contributed by atoms with E-state index in [1.54, 1.807) is 6.08 Å². The van der Waals surface area contributed by atoms with Crippen molar-refractivity contribution < 1.29 is 10.8 Å². The van der Waals surface area contributed by atoms with E-state index in [1.165, 1.54) is 66.6 Å². The molecule has 0 aliphatic heterocycles. The fourth-order valence-electron chi connectivity index (χ4n) is 6.50. The largest absolute Gasteiger partial charge is 0.309 e. The Labute approximate surface area is 254 Å². The summed E-state index contributed by atoms with van der Waals surface area (Å²) in [7, 11) is 0. The van der Waals surface area contributed by atoms with Crippen molar-refractivity contribution in [2.24, 2.45) is 0 Å². The van der Waals surface area contributed by atoms with Crippen molar-refractivity contribution in [3.05, 3.63) is 157 Å². The van der Waals surface area contributed by atoms with Crippen molar-refractivity contribution in [1.29, 1.82) is 0 Å². The Bertz CT molecular complexity index is 2400. The van der Waals surface area contributed by atoms with Crippen LogP contribution in [0.5, 0.6) is 0 Å². The van der Waals surface area contributed by atoms with Gasteiger partial charge in [0.1, 0.15) is 0 Å². The average molecular weight is 567 g/mol. The van der Waals surface area contributed by atoms with E-state index in [1.807, 2.05) is 6.08 Å². The van der Waals surface area contributed by atoms with Gasteiger partial charge in [0, 0.05) is 50.6 Å². The predicted molar refractivity (Wildman–Crippen MR) is 184 cm³/mol. The molecule has 4 N–H and O–H groups in total. The van der Waals surface area contributed by atoms with Crippen molar-refractivity contribution in [2.45, 2.75) is 0 Å². The van der Waals surface area contributed by atoms with Crippen molar-refractivity contribution in [2.75, 3.05) is 0 Å². The van der Waals surface area contributed by atoms with Crippen LogP contribution in [0.4, 0.5) is 0 Å². The van der Waals surface area contributed by atoms with Gasteiger partial charge >= 0.3 is 0 Å². The van der Waals surface area contributed by atoms with Crippen molar-refractivity contribution >= 4 is 55.5 Å². The smallest absolute Gasteiger partial charge is 0.204 e. The van der Waals surface area contributed by atoms with Crippen molar-refractivity contribution in [1.82, 2.24) is 9.13 Å². The van der Waals surface area contributed by atoms with Gasteiger partial charge in [-0.3, -0.25) is 10.8 Å². The lowest BCUT2D eigenvalue weighted by Gasteiger charge is -2.09. The van der Waals surface area contributed by atoms with Crippen LogP contribution in [-0.2, 0) is 0 Å². The molecule has 0 aliphatic rings. The van der Waals surface area contributed by atoms with Gasteiger partial charge in [-0.05, 0) is 83.9 Å². The molecule has 2 aromatic heterocycles. The SMILES string of the molecule is [NH2+]=C/C=C\C(=[NH2+])c1ccc(-n2c3ccccc3c3cc(-c4ccc5c(c4)c4ccccc4n5-c4ccccc4)ccc32)cc1. The number of aromatic nitrogens is 2. The van der Waals surface area contributed by atoms with E-state index < -0.39 is 0 Å². The van der Waals surface area contributed by atoms with E-state index in [-0.39, 0.29) is 0 Å². The molecule has 0 bridgehead atoms. The molecule has 8 rings (SSSR count). The number of allylic oxidation sites excluding steroid dienone is 2. The molecule has 0 aliphatic carbocycles. The summed E-state index contributed by atoms with van der Waals surface area (Å²) >= 11 is 0. The summed E-state index contributed by atoms with van der Waals surface area (Å²) in [4.78, 5) is 0. The van der Waals surface area contributed by atoms with Gasteiger partial charge in [0.2, 0.25) is 5.71 Å². The summed E-state index contributed by atoms with van der Waals surface area (Å²) in [5, 5.41) is 16.7. The fourth-order valence-corrected chi connectivity index (χ4v) is 6.50. The minimum atomic E-state index is 0.675. The van der Waals surface area contributed by atoms with Crippen LogP contribution in [0.25, 0.3) is 66.1 Å². The van der Waals surface area contributed by atoms with Crippen LogP contribution in [0, 0.1) is 0 Å². The number of para-hydroxylation sites is 3. The second kappa shape index (κ2) is 10.4. The van der Waals surface area contributed by atoms with Gasteiger partial charge in [0.25, 0.3) is 0 Å². The lowest BCUT2D eigenvalue weighted by atomic mass is 10.0. The highest BCUT2D eigenvalue weighted by molar-refractivity contribution is 6.13. The fraction of sp³-hybridized carbons (Fsp3) is 0. The molecular weight excluding hydrogens is 536 g/mol. The first-order valence-corrected chi connectivity index (χ1v) is 14.8. The highest BCUT2D eigenvalue weighted by Crippen LogP contribution is 2.38. The quantitative estimate of drug-likeness (QED) is 0.217. The van der Waals surface area contributed by atoms with Crippen LogP contribution in [0.1, 0.15) is 5.56 Å². The van der Waals surface area contributed by atoms with E-state index in [4.69, 9.17) is 10.8 Å². The zero-order chi connectivity index (χ0) is 29.6. The monoisotopic (exact) mass is 566 g/mol. The molecule has 0 saturated carbocycles. The zero-order valence-corrected chi connectivity index (χ0v) is 24.1. The first kappa shape index (κ1) is 25.7. The lowest BCUT2D eigenvalue weighted by molar-refractivity contribution is -0.111. The molecule has 0 amide bonds. The van der Waals surface area contributed by atoms with E-state index in [2.05, 4.69) is 149 Å². The number of fused-ring (bicyclic) bond motifs is 6. The third-order valence-electron chi connectivity index (χ3n) is 8.54. The summed E-state index contributed by atoms with van der Waals surface area (Å²) in [6.07, 6.45) is 5.04. The standard InChI is InChI=1S/C40H28N4/c41-24-8-13-36(42)27-16-20-31(21-17-27)44-38-15-7-5-12-33(38)35-26-29(19-23-40(35)44)28-18-22-39-34(25-28)32-11-4-6-14-37(32)43(39)30-9-2-1-3-10-30/h1-26,41-42H/p+2/b13-8-,41-24?,42-36?. The minimum absolute atomic E-state index is 0.675. The van der Waals surface area contributed by atoms with Crippen molar-refractivity contribution in [3.8, 4) is 22.5 Å². The van der Waals surface area contributed by atoms with Gasteiger partial charge in [-0.1, -0.05) is 66.7 Å². The Balaban J connectivity index is 1.27. The maximum Gasteiger partial charge on any atom is 0.204 e. The summed E-state index contributed by atoms with van der Waals surface area (Å²) in [5.41, 5.74) is 11.0. The normalized spacial score (nSPS) is 11.7. The molecule has 4 heteroatoms. The summed E-state index contributed by atoms with van der Waals surface area (Å²) < 4.78 is 4.68. The van der Waals surface area contributed by atoms with Crippen LogP contribution in [0.3, 0.4) is 0 Å². The van der Waals surface area contributed by atoms with Crippen LogP contribution in [0.2, 0.25) is 0 Å². The van der Waals surface area contributed by atoms with Gasteiger partial charge in [-0.2, -0.15) is 0 Å². The third-order valence-corrected chi connectivity index (χ3v) is 8.54. The molecule has 4 nitrogen and oxygen atoms in total. The molecular formula is C40H30N4+2. The molecule has 208 valence electrons. The van der Waals surface area contributed by atoms with Gasteiger partial charge < -0.3 is 9.13 Å². The van der Waals surface area contributed by atoms with Gasteiger partial charge in [-0.15, -0.1) is 0 Å². The molecule has 8 aromatic rings. The highest BCUT2D eigenvalue weighted by Gasteiger charge is 2.16. The summed E-state index contributed by atoms with van der Waals surface area (Å²) in [5.74, 6) is 0. The highest BCUT2D eigenvalue weighted by atomic mass is 15.0. The van der Waals surface area contributed by atoms with Crippen LogP contribution in [0.15, 0.2) is 152 Å². The molecule has 0 atom stereocenters. The Morgan fingerprint density at radius 3 is 1.50 bits per heavy atom. The molecule has 0 spiro atoms. The van der Waals surface area contributed by atoms with E-state index in [0.29, 0.717) is 5.71 Å². The van der Waals surface area contributed by atoms with E-state index in [0.717, 1.165) is 11.3 Å². The topological polar surface area (TPSA) is 61.0 Å². The zero-order valence-electron chi connectivity index (χ0n) is 24.1. The minimum Gasteiger partial charge on any atom is -0.309 e. The maximum atomic E-state index is 6.25. The van der Waals surface area contributed by atoms with E-state index in [9.17, 15) is 0 Å². The second-order valence-electron chi connectivity index (χ2n) is 11.1. The first-order valence-electron chi connectivity index (χ1n) is 14.8. The molecule has 0 radical (unpaired) electrons. The second-order valence-corrected chi connectivity index (χ2v) is 11.1. The van der Waals surface area contributed by atoms with Crippen molar-refractivity contribution in [3.63, 3.8) is 0 Å². The van der Waals surface area contributed by atoms with Crippen LogP contribution >= 0.6 is 0 Å². The number of nitrogens with two attached hydrogens (primary N) is 2. The lowest BCUT2D eigenvalue weighted by Crippen LogP contribution is -2.39. The number of hydrogen-bond acceptors (Lipinski definition) is 0. The number of rotatable bonds is 6. The van der Waals surface area contributed by atoms with Gasteiger partial charge in [0.05, 0.1) is 22.1 Å². The Kier molecular flexibility index (Phi) is 6.05. The van der Waals surface area contributed by atoms with E-state index >= 15 is 0 Å². The number of nitrogens with zero attached hydrogens (tertiary/aromatic N) is 2. The molecule has 2 heterocycles. The number of hydrogen-bond donors (Lipinski definition) is 2. The molecule has 0 unspecified atom stereocenters. The molecule has 0 fully saturated rings. The summed E-state index contributed by atoms with van der Waals surface area (Å²) in [6, 6.07) is 49.9. The van der Waals surface area contributed by atoms with Gasteiger partial charge in [0.15, 0.2) is 6.21 Å². The average Bonchev–Trinajstić information content (AvgIpc) is 3.60. The van der Waals surface area contributed by atoms with Crippen LogP contribution < -0.4 is 10.8 Å². The predicted octanol–water partition coefficient (Wildman–Crippen LogP) is 6.48.